The number of ketones is 1. The number of nitrogens with zero attached hydrogens (tertiary/aromatic N) is 3. The Hall–Kier alpha value is -2.45. The summed E-state index contributed by atoms with van der Waals surface area (Å²) in [5.74, 6) is -0.235. The SMILES string of the molecule is C=CCn1c(C)cc(C(=O)Cn2cc(S(=O)(=O)N3CCCC3)ccc2=O)c1C. The lowest BCUT2D eigenvalue weighted by Crippen LogP contribution is -2.30. The zero-order valence-corrected chi connectivity index (χ0v) is 17.0. The van der Waals surface area contributed by atoms with Crippen LogP contribution < -0.4 is 5.56 Å². The summed E-state index contributed by atoms with van der Waals surface area (Å²) < 4.78 is 30.0. The molecule has 0 radical (unpaired) electrons. The first kappa shape index (κ1) is 20.3. The van der Waals surface area contributed by atoms with Gasteiger partial charge in [0.25, 0.3) is 5.56 Å². The van der Waals surface area contributed by atoms with Crippen LogP contribution in [0.15, 0.2) is 46.7 Å². The van der Waals surface area contributed by atoms with Crippen molar-refractivity contribution in [2.45, 2.75) is 44.7 Å². The van der Waals surface area contributed by atoms with E-state index in [4.69, 9.17) is 0 Å². The largest absolute Gasteiger partial charge is 0.345 e. The molecule has 0 N–H and O–H groups in total. The minimum atomic E-state index is -3.65. The Morgan fingerprint density at radius 3 is 2.54 bits per heavy atom. The number of carbonyl (C=O) groups excluding carboxylic acids is 1. The fraction of sp³-hybridized carbons (Fsp3) is 0.400. The maximum Gasteiger partial charge on any atom is 0.251 e. The number of rotatable bonds is 7. The quantitative estimate of drug-likeness (QED) is 0.524. The highest BCUT2D eigenvalue weighted by Crippen LogP contribution is 2.20. The van der Waals surface area contributed by atoms with Gasteiger partial charge in [-0.25, -0.2) is 8.42 Å². The first-order chi connectivity index (χ1) is 13.3. The van der Waals surface area contributed by atoms with Crippen LogP contribution in [0.5, 0.6) is 0 Å². The molecule has 1 aliphatic rings. The third-order valence-electron chi connectivity index (χ3n) is 5.16. The second-order valence-corrected chi connectivity index (χ2v) is 8.99. The van der Waals surface area contributed by atoms with Crippen LogP contribution in [-0.2, 0) is 23.1 Å². The first-order valence-corrected chi connectivity index (χ1v) is 10.7. The molecular weight excluding hydrogens is 378 g/mol. The molecule has 0 unspecified atom stereocenters. The summed E-state index contributed by atoms with van der Waals surface area (Å²) in [6, 6.07) is 4.31. The van der Waals surface area contributed by atoms with Gasteiger partial charge < -0.3 is 9.13 Å². The Labute approximate surface area is 164 Å². The molecule has 0 aliphatic carbocycles. The summed E-state index contributed by atoms with van der Waals surface area (Å²) in [6.07, 6.45) is 4.69. The molecule has 8 heteroatoms. The molecule has 2 aromatic rings. The van der Waals surface area contributed by atoms with Crippen molar-refractivity contribution in [2.75, 3.05) is 13.1 Å². The van der Waals surface area contributed by atoms with Crippen molar-refractivity contribution < 1.29 is 13.2 Å². The molecule has 0 spiro atoms. The van der Waals surface area contributed by atoms with E-state index in [1.54, 1.807) is 12.1 Å². The lowest BCUT2D eigenvalue weighted by Gasteiger charge is -2.16. The molecule has 1 fully saturated rings. The van der Waals surface area contributed by atoms with E-state index in [1.165, 1.54) is 27.2 Å². The summed E-state index contributed by atoms with van der Waals surface area (Å²) in [5, 5.41) is 0. The number of carbonyl (C=O) groups is 1. The molecule has 150 valence electrons. The number of pyridine rings is 1. The highest BCUT2D eigenvalue weighted by molar-refractivity contribution is 7.89. The van der Waals surface area contributed by atoms with Gasteiger partial charge in [0.1, 0.15) is 0 Å². The van der Waals surface area contributed by atoms with Gasteiger partial charge in [0.2, 0.25) is 10.0 Å². The summed E-state index contributed by atoms with van der Waals surface area (Å²) in [6.45, 7) is 8.83. The summed E-state index contributed by atoms with van der Waals surface area (Å²) in [7, 11) is -3.65. The van der Waals surface area contributed by atoms with Crippen LogP contribution >= 0.6 is 0 Å². The van der Waals surface area contributed by atoms with Crippen molar-refractivity contribution >= 4 is 15.8 Å². The topological polar surface area (TPSA) is 81.4 Å². The van der Waals surface area contributed by atoms with Gasteiger partial charge in [-0.1, -0.05) is 6.08 Å². The molecule has 1 aliphatic heterocycles. The Morgan fingerprint density at radius 1 is 1.21 bits per heavy atom. The van der Waals surface area contributed by atoms with Crippen molar-refractivity contribution in [3.8, 4) is 0 Å². The molecule has 0 aromatic carbocycles. The van der Waals surface area contributed by atoms with Crippen molar-refractivity contribution in [2.24, 2.45) is 0 Å². The molecule has 1 saturated heterocycles. The van der Waals surface area contributed by atoms with E-state index in [9.17, 15) is 18.0 Å². The van der Waals surface area contributed by atoms with E-state index in [2.05, 4.69) is 6.58 Å². The molecule has 0 bridgehead atoms. The van der Waals surface area contributed by atoms with Gasteiger partial charge in [0.05, 0.1) is 11.4 Å². The van der Waals surface area contributed by atoms with Crippen LogP contribution in [0.4, 0.5) is 0 Å². The zero-order chi connectivity index (χ0) is 20.5. The van der Waals surface area contributed by atoms with Crippen molar-refractivity contribution in [1.29, 1.82) is 0 Å². The van der Waals surface area contributed by atoms with Crippen LogP contribution in [0, 0.1) is 13.8 Å². The Morgan fingerprint density at radius 2 is 1.89 bits per heavy atom. The van der Waals surface area contributed by atoms with Gasteiger partial charge >= 0.3 is 0 Å². The third-order valence-corrected chi connectivity index (χ3v) is 7.04. The van der Waals surface area contributed by atoms with Gasteiger partial charge in [-0.2, -0.15) is 4.31 Å². The smallest absolute Gasteiger partial charge is 0.251 e. The minimum absolute atomic E-state index is 0.0407. The van der Waals surface area contributed by atoms with Crippen LogP contribution in [0.1, 0.15) is 34.6 Å². The maximum atomic E-state index is 12.8. The van der Waals surface area contributed by atoms with Gasteiger partial charge in [0, 0.05) is 48.8 Å². The molecule has 3 rings (SSSR count). The maximum absolute atomic E-state index is 12.8. The molecule has 28 heavy (non-hydrogen) atoms. The Bertz CT molecular complexity index is 1070. The van der Waals surface area contributed by atoms with E-state index >= 15 is 0 Å². The van der Waals surface area contributed by atoms with E-state index in [0.29, 0.717) is 25.2 Å². The molecule has 0 saturated carbocycles. The highest BCUT2D eigenvalue weighted by Gasteiger charge is 2.28. The average molecular weight is 404 g/mol. The number of aryl methyl sites for hydroxylation is 1. The van der Waals surface area contributed by atoms with Gasteiger partial charge in [-0.05, 0) is 38.8 Å². The second kappa shape index (κ2) is 7.89. The summed E-state index contributed by atoms with van der Waals surface area (Å²) in [4.78, 5) is 25.1. The summed E-state index contributed by atoms with van der Waals surface area (Å²) >= 11 is 0. The number of hydrogen-bond donors (Lipinski definition) is 0. The van der Waals surface area contributed by atoms with Crippen LogP contribution in [0.25, 0.3) is 0 Å². The van der Waals surface area contributed by atoms with Gasteiger partial charge in [-0.3, -0.25) is 9.59 Å². The lowest BCUT2D eigenvalue weighted by molar-refractivity contribution is 0.0970. The molecule has 7 nitrogen and oxygen atoms in total. The highest BCUT2D eigenvalue weighted by atomic mass is 32.2. The van der Waals surface area contributed by atoms with Crippen molar-refractivity contribution in [3.05, 3.63) is 64.4 Å². The van der Waals surface area contributed by atoms with Crippen LogP contribution in [0.2, 0.25) is 0 Å². The number of hydrogen-bond acceptors (Lipinski definition) is 4. The fourth-order valence-electron chi connectivity index (χ4n) is 3.60. The molecular formula is C20H25N3O4S. The monoisotopic (exact) mass is 403 g/mol. The predicted octanol–water partition coefficient (Wildman–Crippen LogP) is 2.12. The zero-order valence-electron chi connectivity index (χ0n) is 16.2. The van der Waals surface area contributed by atoms with Crippen molar-refractivity contribution in [1.82, 2.24) is 13.4 Å². The Balaban J connectivity index is 1.91. The van der Waals surface area contributed by atoms with E-state index in [-0.39, 0.29) is 17.2 Å². The average Bonchev–Trinajstić information content (AvgIpc) is 3.28. The van der Waals surface area contributed by atoms with Gasteiger partial charge in [0.15, 0.2) is 5.78 Å². The Kier molecular flexibility index (Phi) is 5.71. The fourth-order valence-corrected chi connectivity index (χ4v) is 5.13. The minimum Gasteiger partial charge on any atom is -0.345 e. The lowest BCUT2D eigenvalue weighted by atomic mass is 10.1. The van der Waals surface area contributed by atoms with E-state index < -0.39 is 15.6 Å². The summed E-state index contributed by atoms with van der Waals surface area (Å²) in [5.41, 5.74) is 1.85. The first-order valence-electron chi connectivity index (χ1n) is 9.27. The van der Waals surface area contributed by atoms with Crippen LogP contribution in [0.3, 0.4) is 0 Å². The molecule has 0 atom stereocenters. The number of Topliss-reactive ketones (excluding diaryl/α,β-unsaturated/α-hetero) is 1. The van der Waals surface area contributed by atoms with Crippen LogP contribution in [-0.4, -0.2) is 40.7 Å². The van der Waals surface area contributed by atoms with Gasteiger partial charge in [-0.15, -0.1) is 6.58 Å². The van der Waals surface area contributed by atoms with E-state index in [0.717, 1.165) is 24.2 Å². The normalized spacial score (nSPS) is 15.1. The van der Waals surface area contributed by atoms with Crippen molar-refractivity contribution in [3.63, 3.8) is 0 Å². The standard InChI is InChI=1S/C20H25N3O4S/c1-4-9-23-15(2)12-18(16(23)3)19(24)14-21-13-17(7-8-20(21)25)28(26,27)22-10-5-6-11-22/h4,7-8,12-13H,1,5-6,9-11,14H2,2-3H3. The molecule has 2 aromatic heterocycles. The number of aromatic nitrogens is 2. The number of allylic oxidation sites excluding steroid dienone is 1. The second-order valence-electron chi connectivity index (χ2n) is 7.05. The third kappa shape index (κ3) is 3.74. The number of sulfonamides is 1. The molecule has 3 heterocycles. The molecule has 0 amide bonds. The van der Waals surface area contributed by atoms with E-state index in [1.807, 2.05) is 18.4 Å². The predicted molar refractivity (Wildman–Crippen MR) is 107 cm³/mol.